The first-order valence-corrected chi connectivity index (χ1v) is 10.8. The lowest BCUT2D eigenvalue weighted by molar-refractivity contribution is -0.117. The maximum absolute atomic E-state index is 12.8. The van der Waals surface area contributed by atoms with Crippen LogP contribution in [0.3, 0.4) is 0 Å². The Morgan fingerprint density at radius 1 is 1.16 bits per heavy atom. The van der Waals surface area contributed by atoms with Gasteiger partial charge in [-0.2, -0.15) is 0 Å². The molecule has 8 nitrogen and oxygen atoms in total. The molecule has 1 amide bonds. The van der Waals surface area contributed by atoms with Gasteiger partial charge >= 0.3 is 5.97 Å². The van der Waals surface area contributed by atoms with E-state index in [-0.39, 0.29) is 17.6 Å². The van der Waals surface area contributed by atoms with Crippen LogP contribution in [0.5, 0.6) is 0 Å². The van der Waals surface area contributed by atoms with Crippen LogP contribution in [0, 0.1) is 0 Å². The summed E-state index contributed by atoms with van der Waals surface area (Å²) in [5, 5.41) is 3.23. The average Bonchev–Trinajstić information content (AvgIpc) is 3.46. The van der Waals surface area contributed by atoms with Crippen molar-refractivity contribution in [2.24, 2.45) is 0 Å². The lowest BCUT2D eigenvalue weighted by atomic mass is 10.0. The van der Waals surface area contributed by atoms with E-state index in [1.807, 2.05) is 42.5 Å². The van der Waals surface area contributed by atoms with Crippen LogP contribution in [0.25, 0.3) is 0 Å². The van der Waals surface area contributed by atoms with Gasteiger partial charge in [0.05, 0.1) is 7.11 Å². The second kappa shape index (κ2) is 9.78. The van der Waals surface area contributed by atoms with Crippen molar-refractivity contribution in [3.05, 3.63) is 76.6 Å². The van der Waals surface area contributed by atoms with Gasteiger partial charge in [-0.1, -0.05) is 36.4 Å². The summed E-state index contributed by atoms with van der Waals surface area (Å²) >= 11 is 1.30. The molecule has 0 saturated carbocycles. The van der Waals surface area contributed by atoms with Gasteiger partial charge in [0.2, 0.25) is 5.91 Å². The van der Waals surface area contributed by atoms with Gasteiger partial charge in [0, 0.05) is 23.3 Å². The van der Waals surface area contributed by atoms with Crippen molar-refractivity contribution in [1.29, 1.82) is 0 Å². The fourth-order valence-electron chi connectivity index (χ4n) is 3.45. The number of methoxy groups -OCH3 is 1. The fourth-order valence-corrected chi connectivity index (χ4v) is 4.41. The summed E-state index contributed by atoms with van der Waals surface area (Å²) in [7, 11) is 1.33. The van der Waals surface area contributed by atoms with Crippen molar-refractivity contribution >= 4 is 28.3 Å². The number of aryl methyl sites for hydroxylation is 2. The summed E-state index contributed by atoms with van der Waals surface area (Å²) < 4.78 is 4.87. The second-order valence-corrected chi connectivity index (χ2v) is 8.26. The monoisotopic (exact) mass is 437 g/mol. The van der Waals surface area contributed by atoms with E-state index in [9.17, 15) is 9.59 Å². The Bertz CT molecular complexity index is 1040. The van der Waals surface area contributed by atoms with Crippen LogP contribution in [0.2, 0.25) is 0 Å². The maximum Gasteiger partial charge on any atom is 0.357 e. The minimum atomic E-state index is -0.503. The standard InChI is InChI=1S/C22H23N5O3S/c1-30-21(29)19-18(10-9-14-6-3-2-4-7-14)31-22(24-19)25-20(28)17-12-16(26-27-17)15-8-5-11-23-13-15/h2-8,11,13,16-17,26-27H,9-10,12H2,1H3,(H,24,25,28). The summed E-state index contributed by atoms with van der Waals surface area (Å²) in [5.74, 6) is -0.712. The molecule has 0 radical (unpaired) electrons. The molecule has 1 aliphatic rings. The molecule has 1 saturated heterocycles. The zero-order valence-electron chi connectivity index (χ0n) is 17.0. The Balaban J connectivity index is 1.42. The first-order chi connectivity index (χ1) is 15.1. The Labute approximate surface area is 184 Å². The predicted molar refractivity (Wildman–Crippen MR) is 118 cm³/mol. The van der Waals surface area contributed by atoms with Gasteiger partial charge in [-0.25, -0.2) is 20.6 Å². The van der Waals surface area contributed by atoms with Crippen molar-refractivity contribution in [3.8, 4) is 0 Å². The summed E-state index contributed by atoms with van der Waals surface area (Å²) in [6, 6.07) is 13.4. The van der Waals surface area contributed by atoms with E-state index in [1.165, 1.54) is 24.0 Å². The molecule has 2 aromatic heterocycles. The van der Waals surface area contributed by atoms with E-state index in [4.69, 9.17) is 4.74 Å². The molecule has 4 rings (SSSR count). The number of carbonyl (C=O) groups is 2. The van der Waals surface area contributed by atoms with E-state index in [0.717, 1.165) is 16.9 Å². The number of hydrazine groups is 1. The van der Waals surface area contributed by atoms with Crippen LogP contribution < -0.4 is 16.2 Å². The number of carbonyl (C=O) groups excluding carboxylic acids is 2. The third-order valence-corrected chi connectivity index (χ3v) is 6.13. The number of hydrogen-bond acceptors (Lipinski definition) is 8. The normalized spacial score (nSPS) is 18.0. The van der Waals surface area contributed by atoms with Crippen LogP contribution in [-0.4, -0.2) is 35.0 Å². The predicted octanol–water partition coefficient (Wildman–Crippen LogP) is 2.66. The second-order valence-electron chi connectivity index (χ2n) is 7.17. The average molecular weight is 438 g/mol. The molecule has 3 heterocycles. The molecule has 3 aromatic rings. The molecule has 1 aromatic carbocycles. The summed E-state index contributed by atoms with van der Waals surface area (Å²) in [4.78, 5) is 34.2. The quantitative estimate of drug-likeness (QED) is 0.488. The number of esters is 1. The Morgan fingerprint density at radius 3 is 2.74 bits per heavy atom. The molecule has 0 aliphatic carbocycles. The molecule has 3 N–H and O–H groups in total. The number of benzene rings is 1. The molecule has 31 heavy (non-hydrogen) atoms. The van der Waals surface area contributed by atoms with Crippen molar-refractivity contribution in [3.63, 3.8) is 0 Å². The van der Waals surface area contributed by atoms with Crippen molar-refractivity contribution in [1.82, 2.24) is 20.8 Å². The van der Waals surface area contributed by atoms with Gasteiger partial charge in [0.15, 0.2) is 10.8 Å². The van der Waals surface area contributed by atoms with E-state index >= 15 is 0 Å². The number of thiazole rings is 1. The number of rotatable bonds is 7. The topological polar surface area (TPSA) is 105 Å². The van der Waals surface area contributed by atoms with Gasteiger partial charge in [-0.3, -0.25) is 9.78 Å². The molecule has 1 fully saturated rings. The van der Waals surface area contributed by atoms with Gasteiger partial charge < -0.3 is 10.1 Å². The molecule has 0 spiro atoms. The highest BCUT2D eigenvalue weighted by Crippen LogP contribution is 2.27. The zero-order valence-corrected chi connectivity index (χ0v) is 17.8. The van der Waals surface area contributed by atoms with Gasteiger partial charge in [0.25, 0.3) is 0 Å². The molecule has 2 unspecified atom stereocenters. The Morgan fingerprint density at radius 2 is 2.00 bits per heavy atom. The van der Waals surface area contributed by atoms with Crippen LogP contribution in [0.4, 0.5) is 5.13 Å². The smallest absolute Gasteiger partial charge is 0.357 e. The van der Waals surface area contributed by atoms with Crippen molar-refractivity contribution in [2.75, 3.05) is 12.4 Å². The van der Waals surface area contributed by atoms with Gasteiger partial charge in [-0.15, -0.1) is 11.3 Å². The Kier molecular flexibility index (Phi) is 6.66. The van der Waals surface area contributed by atoms with Crippen LogP contribution in [0.15, 0.2) is 54.9 Å². The maximum atomic E-state index is 12.8. The minimum absolute atomic E-state index is 0.00666. The number of aromatic nitrogens is 2. The van der Waals surface area contributed by atoms with Crippen molar-refractivity contribution < 1.29 is 14.3 Å². The highest BCUT2D eigenvalue weighted by atomic mass is 32.1. The molecular formula is C22H23N5O3S. The highest BCUT2D eigenvalue weighted by molar-refractivity contribution is 7.16. The van der Waals surface area contributed by atoms with Crippen LogP contribution >= 0.6 is 11.3 Å². The SMILES string of the molecule is COC(=O)c1nc(NC(=O)C2CC(c3cccnc3)NN2)sc1CCc1ccccc1. The third-order valence-electron chi connectivity index (χ3n) is 5.10. The van der Waals surface area contributed by atoms with Gasteiger partial charge in [0.1, 0.15) is 6.04 Å². The molecule has 9 heteroatoms. The van der Waals surface area contributed by atoms with E-state index in [2.05, 4.69) is 26.1 Å². The minimum Gasteiger partial charge on any atom is -0.464 e. The summed E-state index contributed by atoms with van der Waals surface area (Å²) in [6.45, 7) is 0. The lowest BCUT2D eigenvalue weighted by Gasteiger charge is -2.08. The molecule has 160 valence electrons. The number of nitrogens with zero attached hydrogens (tertiary/aromatic N) is 2. The Hall–Kier alpha value is -3.14. The number of nitrogens with one attached hydrogen (secondary N) is 3. The molecular weight excluding hydrogens is 414 g/mol. The fraction of sp³-hybridized carbons (Fsp3) is 0.273. The summed E-state index contributed by atoms with van der Waals surface area (Å²) in [6.07, 6.45) is 5.47. The highest BCUT2D eigenvalue weighted by Gasteiger charge is 2.31. The molecule has 0 bridgehead atoms. The number of ether oxygens (including phenoxy) is 1. The zero-order chi connectivity index (χ0) is 21.6. The van der Waals surface area contributed by atoms with Gasteiger partial charge in [-0.05, 0) is 36.5 Å². The molecule has 2 atom stereocenters. The van der Waals surface area contributed by atoms with E-state index in [1.54, 1.807) is 12.4 Å². The third kappa shape index (κ3) is 5.13. The number of pyridine rings is 1. The number of amides is 1. The molecule has 1 aliphatic heterocycles. The first kappa shape index (κ1) is 21.1. The number of hydrogen-bond donors (Lipinski definition) is 3. The van der Waals surface area contributed by atoms with Crippen LogP contribution in [0.1, 0.15) is 39.0 Å². The van der Waals surface area contributed by atoms with E-state index < -0.39 is 12.0 Å². The largest absolute Gasteiger partial charge is 0.464 e. The lowest BCUT2D eigenvalue weighted by Crippen LogP contribution is -2.39. The number of anilines is 1. The van der Waals surface area contributed by atoms with Crippen molar-refractivity contribution in [2.45, 2.75) is 31.3 Å². The van der Waals surface area contributed by atoms with Crippen LogP contribution in [-0.2, 0) is 22.4 Å². The first-order valence-electron chi connectivity index (χ1n) is 9.98. The summed E-state index contributed by atoms with van der Waals surface area (Å²) in [5.41, 5.74) is 8.58. The van der Waals surface area contributed by atoms with E-state index in [0.29, 0.717) is 18.0 Å².